The second-order valence-electron chi connectivity index (χ2n) is 3.87. The summed E-state index contributed by atoms with van der Waals surface area (Å²) in [7, 11) is 0. The Morgan fingerprint density at radius 1 is 1.67 bits per heavy atom. The van der Waals surface area contributed by atoms with Crippen molar-refractivity contribution in [2.75, 3.05) is 0 Å². The van der Waals surface area contributed by atoms with E-state index in [1.807, 2.05) is 6.92 Å². The SMILES string of the molecule is CCC(C)(N)C(=O)NC1CCC1. The second kappa shape index (κ2) is 3.44. The number of rotatable bonds is 3. The van der Waals surface area contributed by atoms with Gasteiger partial charge in [0.15, 0.2) is 0 Å². The van der Waals surface area contributed by atoms with Gasteiger partial charge in [0.05, 0.1) is 5.54 Å². The molecule has 0 aromatic rings. The van der Waals surface area contributed by atoms with Gasteiger partial charge in [-0.1, -0.05) is 6.92 Å². The monoisotopic (exact) mass is 170 g/mol. The van der Waals surface area contributed by atoms with E-state index in [0.29, 0.717) is 12.5 Å². The highest BCUT2D eigenvalue weighted by Crippen LogP contribution is 2.19. The molecule has 0 bridgehead atoms. The van der Waals surface area contributed by atoms with E-state index in [1.54, 1.807) is 6.92 Å². The Balaban J connectivity index is 2.35. The third kappa shape index (κ3) is 1.97. The van der Waals surface area contributed by atoms with Crippen LogP contribution in [-0.4, -0.2) is 17.5 Å². The summed E-state index contributed by atoms with van der Waals surface area (Å²) < 4.78 is 0. The molecule has 1 atom stereocenters. The van der Waals surface area contributed by atoms with Crippen molar-refractivity contribution >= 4 is 5.91 Å². The molecule has 1 saturated carbocycles. The van der Waals surface area contributed by atoms with Crippen LogP contribution in [0.3, 0.4) is 0 Å². The van der Waals surface area contributed by atoms with Crippen molar-refractivity contribution in [3.05, 3.63) is 0 Å². The van der Waals surface area contributed by atoms with Gasteiger partial charge in [0.2, 0.25) is 5.91 Å². The summed E-state index contributed by atoms with van der Waals surface area (Å²) in [6.45, 7) is 3.71. The smallest absolute Gasteiger partial charge is 0.239 e. The average molecular weight is 170 g/mol. The van der Waals surface area contributed by atoms with Gasteiger partial charge in [-0.15, -0.1) is 0 Å². The van der Waals surface area contributed by atoms with E-state index >= 15 is 0 Å². The van der Waals surface area contributed by atoms with Gasteiger partial charge in [-0.3, -0.25) is 4.79 Å². The van der Waals surface area contributed by atoms with Gasteiger partial charge in [0.25, 0.3) is 0 Å². The molecule has 1 unspecified atom stereocenters. The standard InChI is InChI=1S/C9H18N2O/c1-3-9(2,10)8(12)11-7-5-4-6-7/h7H,3-6,10H2,1-2H3,(H,11,12). The predicted molar refractivity (Wildman–Crippen MR) is 48.7 cm³/mol. The molecule has 1 fully saturated rings. The summed E-state index contributed by atoms with van der Waals surface area (Å²) in [5.74, 6) is -0.00491. The van der Waals surface area contributed by atoms with E-state index in [9.17, 15) is 4.79 Å². The molecule has 0 heterocycles. The van der Waals surface area contributed by atoms with E-state index in [-0.39, 0.29) is 5.91 Å². The fraction of sp³-hybridized carbons (Fsp3) is 0.889. The second-order valence-corrected chi connectivity index (χ2v) is 3.87. The first kappa shape index (κ1) is 9.52. The number of hydrogen-bond acceptors (Lipinski definition) is 2. The van der Waals surface area contributed by atoms with E-state index in [4.69, 9.17) is 5.73 Å². The van der Waals surface area contributed by atoms with Gasteiger partial charge in [-0.05, 0) is 32.6 Å². The number of hydrogen-bond donors (Lipinski definition) is 2. The van der Waals surface area contributed by atoms with Gasteiger partial charge >= 0.3 is 0 Å². The highest BCUT2D eigenvalue weighted by molar-refractivity contribution is 5.85. The van der Waals surface area contributed by atoms with E-state index in [2.05, 4.69) is 5.32 Å². The van der Waals surface area contributed by atoms with Gasteiger partial charge in [0.1, 0.15) is 0 Å². The number of carbonyl (C=O) groups is 1. The Morgan fingerprint density at radius 2 is 2.25 bits per heavy atom. The molecule has 1 aliphatic carbocycles. The molecule has 0 aromatic carbocycles. The van der Waals surface area contributed by atoms with Crippen LogP contribution in [0.4, 0.5) is 0 Å². The lowest BCUT2D eigenvalue weighted by Crippen LogP contribution is -2.55. The van der Waals surface area contributed by atoms with Gasteiger partial charge in [-0.2, -0.15) is 0 Å². The van der Waals surface area contributed by atoms with Gasteiger partial charge in [-0.25, -0.2) is 0 Å². The van der Waals surface area contributed by atoms with Crippen molar-refractivity contribution in [3.63, 3.8) is 0 Å². The number of nitrogens with one attached hydrogen (secondary N) is 1. The van der Waals surface area contributed by atoms with E-state index < -0.39 is 5.54 Å². The van der Waals surface area contributed by atoms with Gasteiger partial charge in [0, 0.05) is 6.04 Å². The predicted octanol–water partition coefficient (Wildman–Crippen LogP) is 0.782. The topological polar surface area (TPSA) is 55.1 Å². The molecule has 0 spiro atoms. The largest absolute Gasteiger partial charge is 0.352 e. The van der Waals surface area contributed by atoms with Crippen molar-refractivity contribution in [2.45, 2.75) is 51.1 Å². The summed E-state index contributed by atoms with van der Waals surface area (Å²) >= 11 is 0. The Morgan fingerprint density at radius 3 is 2.58 bits per heavy atom. The van der Waals surface area contributed by atoms with E-state index in [1.165, 1.54) is 6.42 Å². The molecule has 70 valence electrons. The summed E-state index contributed by atoms with van der Waals surface area (Å²) in [6, 6.07) is 0.395. The van der Waals surface area contributed by atoms with Crippen molar-refractivity contribution in [1.29, 1.82) is 0 Å². The van der Waals surface area contributed by atoms with Crippen LogP contribution in [0.2, 0.25) is 0 Å². The molecule has 1 rings (SSSR count). The summed E-state index contributed by atoms with van der Waals surface area (Å²) in [5, 5.41) is 2.94. The normalized spacial score (nSPS) is 22.6. The maximum atomic E-state index is 11.5. The first-order valence-corrected chi connectivity index (χ1v) is 4.66. The third-order valence-electron chi connectivity index (χ3n) is 2.69. The summed E-state index contributed by atoms with van der Waals surface area (Å²) in [6.07, 6.45) is 4.15. The van der Waals surface area contributed by atoms with E-state index in [0.717, 1.165) is 12.8 Å². The molecule has 1 amide bonds. The van der Waals surface area contributed by atoms with Crippen LogP contribution in [0.25, 0.3) is 0 Å². The molecule has 0 saturated heterocycles. The fourth-order valence-corrected chi connectivity index (χ4v) is 1.06. The minimum absolute atomic E-state index is 0.00491. The molecule has 0 aromatic heterocycles. The molecule has 3 N–H and O–H groups in total. The third-order valence-corrected chi connectivity index (χ3v) is 2.69. The summed E-state index contributed by atoms with van der Waals surface area (Å²) in [5.41, 5.74) is 5.09. The van der Waals surface area contributed by atoms with Crippen LogP contribution in [-0.2, 0) is 4.79 Å². The minimum atomic E-state index is -0.685. The van der Waals surface area contributed by atoms with Crippen molar-refractivity contribution < 1.29 is 4.79 Å². The molecule has 3 nitrogen and oxygen atoms in total. The Bertz CT molecular complexity index is 173. The molecular formula is C9H18N2O. The van der Waals surface area contributed by atoms with Crippen LogP contribution in [0.15, 0.2) is 0 Å². The van der Waals surface area contributed by atoms with Crippen LogP contribution in [0, 0.1) is 0 Å². The molecule has 1 aliphatic rings. The first-order valence-electron chi connectivity index (χ1n) is 4.66. The molecule has 0 radical (unpaired) electrons. The van der Waals surface area contributed by atoms with Crippen LogP contribution < -0.4 is 11.1 Å². The molecule has 12 heavy (non-hydrogen) atoms. The minimum Gasteiger partial charge on any atom is -0.352 e. The molecule has 0 aliphatic heterocycles. The highest BCUT2D eigenvalue weighted by Gasteiger charge is 2.29. The first-order chi connectivity index (χ1) is 5.56. The van der Waals surface area contributed by atoms with Crippen LogP contribution >= 0.6 is 0 Å². The quantitative estimate of drug-likeness (QED) is 0.657. The Labute approximate surface area is 73.7 Å². The molecular weight excluding hydrogens is 152 g/mol. The Hall–Kier alpha value is -0.570. The fourth-order valence-electron chi connectivity index (χ4n) is 1.06. The Kier molecular flexibility index (Phi) is 2.73. The number of carbonyl (C=O) groups excluding carboxylic acids is 1. The maximum Gasteiger partial charge on any atom is 0.239 e. The average Bonchev–Trinajstić information content (AvgIpc) is 1.96. The maximum absolute atomic E-state index is 11.5. The van der Waals surface area contributed by atoms with Crippen LogP contribution in [0.1, 0.15) is 39.5 Å². The lowest BCUT2D eigenvalue weighted by Gasteiger charge is -2.30. The zero-order valence-electron chi connectivity index (χ0n) is 7.89. The van der Waals surface area contributed by atoms with Crippen molar-refractivity contribution in [2.24, 2.45) is 5.73 Å². The zero-order chi connectivity index (χ0) is 9.19. The van der Waals surface area contributed by atoms with Gasteiger partial charge < -0.3 is 11.1 Å². The zero-order valence-corrected chi connectivity index (χ0v) is 7.89. The lowest BCUT2D eigenvalue weighted by atomic mass is 9.91. The van der Waals surface area contributed by atoms with Crippen molar-refractivity contribution in [3.8, 4) is 0 Å². The highest BCUT2D eigenvalue weighted by atomic mass is 16.2. The number of nitrogens with two attached hydrogens (primary N) is 1. The van der Waals surface area contributed by atoms with Crippen LogP contribution in [0.5, 0.6) is 0 Å². The lowest BCUT2D eigenvalue weighted by molar-refractivity contribution is -0.127. The number of amides is 1. The summed E-state index contributed by atoms with van der Waals surface area (Å²) in [4.78, 5) is 11.5. The van der Waals surface area contributed by atoms with Crippen molar-refractivity contribution in [1.82, 2.24) is 5.32 Å². The molecule has 3 heteroatoms.